The number of rotatable bonds is 5. The minimum Gasteiger partial charge on any atom is -0.469 e. The largest absolute Gasteiger partial charge is 0.469 e. The van der Waals surface area contributed by atoms with E-state index in [2.05, 4.69) is 20.5 Å². The second kappa shape index (κ2) is 4.90. The number of furan rings is 1. The first kappa shape index (κ1) is 11.5. The molecule has 0 bridgehead atoms. The number of anilines is 2. The Labute approximate surface area is 100 Å². The van der Waals surface area contributed by atoms with E-state index >= 15 is 0 Å². The molecule has 2 heterocycles. The summed E-state index contributed by atoms with van der Waals surface area (Å²) in [6.07, 6.45) is 2.68. The van der Waals surface area contributed by atoms with E-state index in [0.29, 0.717) is 11.9 Å². The minimum absolute atomic E-state index is 0.673. The van der Waals surface area contributed by atoms with Crippen molar-refractivity contribution >= 4 is 11.9 Å². The maximum Gasteiger partial charge on any atom is 0.245 e. The maximum atomic E-state index is 5.23. The van der Waals surface area contributed by atoms with Gasteiger partial charge in [0.1, 0.15) is 5.76 Å². The van der Waals surface area contributed by atoms with Crippen molar-refractivity contribution in [3.05, 3.63) is 23.7 Å². The van der Waals surface area contributed by atoms with E-state index in [9.17, 15) is 0 Å². The normalized spacial score (nSPS) is 10.5. The Morgan fingerprint density at radius 3 is 2.88 bits per heavy atom. The summed E-state index contributed by atoms with van der Waals surface area (Å²) < 4.78 is 5.23. The average Bonchev–Trinajstić information content (AvgIpc) is 2.88. The predicted molar refractivity (Wildman–Crippen MR) is 66.3 cm³/mol. The van der Waals surface area contributed by atoms with E-state index < -0.39 is 0 Å². The second-order valence-corrected chi connectivity index (χ2v) is 4.12. The van der Waals surface area contributed by atoms with Crippen molar-refractivity contribution in [1.29, 1.82) is 0 Å². The van der Waals surface area contributed by atoms with Crippen molar-refractivity contribution in [2.75, 3.05) is 30.9 Å². The molecule has 2 aromatic rings. The molecule has 0 spiro atoms. The molecule has 0 aromatic carbocycles. The van der Waals surface area contributed by atoms with Gasteiger partial charge in [0.05, 0.1) is 6.26 Å². The number of H-pyrrole nitrogens is 1. The number of hydrogen-bond donors (Lipinski definition) is 2. The van der Waals surface area contributed by atoms with Gasteiger partial charge in [-0.2, -0.15) is 4.98 Å². The molecule has 2 aromatic heterocycles. The molecule has 0 radical (unpaired) electrons. The standard InChI is InChI=1S/C11H17N5O/c1-8-6-9(7-17-8)4-5-12-10-13-11(15-14-10)16(2)3/h6-7H,4-5H2,1-3H3,(H2,12,13,14,15). The molecule has 6 nitrogen and oxygen atoms in total. The lowest BCUT2D eigenvalue weighted by Gasteiger charge is -2.03. The maximum absolute atomic E-state index is 5.23. The van der Waals surface area contributed by atoms with Crippen LogP contribution in [0.3, 0.4) is 0 Å². The monoisotopic (exact) mass is 235 g/mol. The molecule has 0 saturated carbocycles. The van der Waals surface area contributed by atoms with Crippen LogP contribution in [-0.2, 0) is 6.42 Å². The summed E-state index contributed by atoms with van der Waals surface area (Å²) in [5.74, 6) is 2.30. The number of nitrogens with one attached hydrogen (secondary N) is 2. The van der Waals surface area contributed by atoms with Crippen LogP contribution in [0.15, 0.2) is 16.7 Å². The number of aromatic amines is 1. The van der Waals surface area contributed by atoms with Gasteiger partial charge in [0.25, 0.3) is 0 Å². The average molecular weight is 235 g/mol. The third-order valence-corrected chi connectivity index (χ3v) is 2.36. The summed E-state index contributed by atoms with van der Waals surface area (Å²) in [7, 11) is 3.81. The van der Waals surface area contributed by atoms with Gasteiger partial charge in [0.15, 0.2) is 0 Å². The molecule has 2 rings (SSSR count). The first-order chi connectivity index (χ1) is 8.15. The number of aromatic nitrogens is 3. The van der Waals surface area contributed by atoms with Gasteiger partial charge in [-0.3, -0.25) is 0 Å². The topological polar surface area (TPSA) is 70.0 Å². The molecule has 0 aliphatic heterocycles. The number of nitrogens with zero attached hydrogens (tertiary/aromatic N) is 3. The van der Waals surface area contributed by atoms with Gasteiger partial charge in [-0.15, -0.1) is 5.10 Å². The van der Waals surface area contributed by atoms with E-state index in [0.717, 1.165) is 18.7 Å². The summed E-state index contributed by atoms with van der Waals surface area (Å²) in [6.45, 7) is 2.73. The van der Waals surface area contributed by atoms with Crippen molar-refractivity contribution in [3.63, 3.8) is 0 Å². The summed E-state index contributed by atoms with van der Waals surface area (Å²) in [5.41, 5.74) is 1.18. The lowest BCUT2D eigenvalue weighted by Crippen LogP contribution is -2.10. The smallest absolute Gasteiger partial charge is 0.245 e. The van der Waals surface area contributed by atoms with Crippen LogP contribution >= 0.6 is 0 Å². The Bertz CT molecular complexity index is 474. The SMILES string of the molecule is Cc1cc(CCNc2nc(N(C)C)n[nH]2)co1. The molecule has 0 aliphatic carbocycles. The van der Waals surface area contributed by atoms with Crippen molar-refractivity contribution in [3.8, 4) is 0 Å². The molecule has 0 unspecified atom stereocenters. The molecule has 6 heteroatoms. The van der Waals surface area contributed by atoms with Gasteiger partial charge >= 0.3 is 0 Å². The summed E-state index contributed by atoms with van der Waals surface area (Å²) >= 11 is 0. The van der Waals surface area contributed by atoms with Gasteiger partial charge in [0, 0.05) is 20.6 Å². The van der Waals surface area contributed by atoms with Crippen LogP contribution in [0.4, 0.5) is 11.9 Å². The Morgan fingerprint density at radius 2 is 2.29 bits per heavy atom. The summed E-state index contributed by atoms with van der Waals surface area (Å²) in [4.78, 5) is 6.12. The fourth-order valence-electron chi connectivity index (χ4n) is 1.49. The first-order valence-electron chi connectivity index (χ1n) is 5.53. The van der Waals surface area contributed by atoms with Gasteiger partial charge < -0.3 is 14.6 Å². The third kappa shape index (κ3) is 2.99. The highest BCUT2D eigenvalue weighted by Gasteiger charge is 2.04. The lowest BCUT2D eigenvalue weighted by molar-refractivity contribution is 0.532. The minimum atomic E-state index is 0.673. The molecule has 92 valence electrons. The van der Waals surface area contributed by atoms with Crippen molar-refractivity contribution in [1.82, 2.24) is 15.2 Å². The molecule has 0 aliphatic rings. The summed E-state index contributed by atoms with van der Waals surface area (Å²) in [6, 6.07) is 2.04. The zero-order valence-electron chi connectivity index (χ0n) is 10.3. The highest BCUT2D eigenvalue weighted by molar-refractivity contribution is 5.34. The summed E-state index contributed by atoms with van der Waals surface area (Å²) in [5, 5.41) is 10.1. The van der Waals surface area contributed by atoms with Crippen LogP contribution in [0, 0.1) is 6.92 Å². The quantitative estimate of drug-likeness (QED) is 0.820. The van der Waals surface area contributed by atoms with E-state index in [1.165, 1.54) is 5.56 Å². The molecular formula is C11H17N5O. The molecule has 17 heavy (non-hydrogen) atoms. The first-order valence-corrected chi connectivity index (χ1v) is 5.53. The van der Waals surface area contributed by atoms with Gasteiger partial charge in [0.2, 0.25) is 11.9 Å². The molecule has 0 amide bonds. The Morgan fingerprint density at radius 1 is 1.47 bits per heavy atom. The van der Waals surface area contributed by atoms with Gasteiger partial charge in [-0.25, -0.2) is 5.10 Å². The number of aryl methyl sites for hydroxylation is 1. The molecule has 0 saturated heterocycles. The fraction of sp³-hybridized carbons (Fsp3) is 0.455. The Balaban J connectivity index is 1.81. The van der Waals surface area contributed by atoms with Crippen LogP contribution in [0.2, 0.25) is 0 Å². The molecule has 0 fully saturated rings. The van der Waals surface area contributed by atoms with Crippen molar-refractivity contribution in [2.45, 2.75) is 13.3 Å². The Kier molecular flexibility index (Phi) is 3.32. The van der Waals surface area contributed by atoms with E-state index in [-0.39, 0.29) is 0 Å². The predicted octanol–water partition coefficient (Wildman–Crippen LogP) is 1.43. The van der Waals surface area contributed by atoms with Crippen LogP contribution < -0.4 is 10.2 Å². The van der Waals surface area contributed by atoms with E-state index in [4.69, 9.17) is 4.42 Å². The Hall–Kier alpha value is -1.98. The van der Waals surface area contributed by atoms with Gasteiger partial charge in [-0.05, 0) is 25.0 Å². The second-order valence-electron chi connectivity index (χ2n) is 4.12. The molecule has 2 N–H and O–H groups in total. The van der Waals surface area contributed by atoms with Gasteiger partial charge in [-0.1, -0.05) is 0 Å². The van der Waals surface area contributed by atoms with Crippen LogP contribution in [0.1, 0.15) is 11.3 Å². The molecule has 0 atom stereocenters. The zero-order chi connectivity index (χ0) is 12.3. The highest BCUT2D eigenvalue weighted by Crippen LogP contribution is 2.08. The lowest BCUT2D eigenvalue weighted by atomic mass is 10.2. The van der Waals surface area contributed by atoms with Crippen LogP contribution in [0.5, 0.6) is 0 Å². The highest BCUT2D eigenvalue weighted by atomic mass is 16.3. The van der Waals surface area contributed by atoms with Crippen LogP contribution in [-0.4, -0.2) is 35.8 Å². The van der Waals surface area contributed by atoms with Crippen LogP contribution in [0.25, 0.3) is 0 Å². The number of hydrogen-bond acceptors (Lipinski definition) is 5. The van der Waals surface area contributed by atoms with Crippen molar-refractivity contribution < 1.29 is 4.42 Å². The van der Waals surface area contributed by atoms with E-state index in [1.807, 2.05) is 32.0 Å². The molecular weight excluding hydrogens is 218 g/mol. The van der Waals surface area contributed by atoms with Crippen molar-refractivity contribution in [2.24, 2.45) is 0 Å². The van der Waals surface area contributed by atoms with E-state index in [1.54, 1.807) is 6.26 Å². The zero-order valence-corrected chi connectivity index (χ0v) is 10.3. The fourth-order valence-corrected chi connectivity index (χ4v) is 1.49. The third-order valence-electron chi connectivity index (χ3n) is 2.36.